The molecule has 1 rings (SSSR count). The minimum Gasteiger partial charge on any atom is -0.489 e. The first-order valence-electron chi connectivity index (χ1n) is 5.93. The molecule has 3 N–H and O–H groups in total. The van der Waals surface area contributed by atoms with Gasteiger partial charge in [-0.15, -0.1) is 0 Å². The molecular formula is C14H22N2O2. The fourth-order valence-electron chi connectivity index (χ4n) is 1.53. The van der Waals surface area contributed by atoms with Crippen LogP contribution in [0, 0.1) is 13.8 Å². The van der Waals surface area contributed by atoms with Crippen molar-refractivity contribution in [2.45, 2.75) is 27.7 Å². The number of oxime groups is 1. The summed E-state index contributed by atoms with van der Waals surface area (Å²) in [6, 6.07) is 3.64. The molecule has 1 aromatic carbocycles. The Kier molecular flexibility index (Phi) is 7.28. The third-order valence-corrected chi connectivity index (χ3v) is 2.21. The molecular weight excluding hydrogens is 228 g/mol. The first-order valence-corrected chi connectivity index (χ1v) is 5.93. The summed E-state index contributed by atoms with van der Waals surface area (Å²) in [6.07, 6.45) is 1.69. The first-order chi connectivity index (χ1) is 8.60. The van der Waals surface area contributed by atoms with E-state index < -0.39 is 0 Å². The lowest BCUT2D eigenvalue weighted by molar-refractivity contribution is 0.318. The number of hydrogen-bond acceptors (Lipinski definition) is 3. The van der Waals surface area contributed by atoms with Crippen molar-refractivity contribution in [3.8, 4) is 5.75 Å². The van der Waals surface area contributed by atoms with Crippen LogP contribution in [0.3, 0.4) is 0 Å². The molecule has 0 aromatic heterocycles. The van der Waals surface area contributed by atoms with Gasteiger partial charge in [-0.3, -0.25) is 0 Å². The average molecular weight is 250 g/mol. The fourth-order valence-corrected chi connectivity index (χ4v) is 1.53. The second-order valence-corrected chi connectivity index (χ2v) is 3.52. The molecule has 18 heavy (non-hydrogen) atoms. The van der Waals surface area contributed by atoms with E-state index in [0.29, 0.717) is 12.2 Å². The Bertz CT molecular complexity index is 403. The molecule has 0 aliphatic carbocycles. The van der Waals surface area contributed by atoms with E-state index in [1.807, 2.05) is 39.8 Å². The standard InChI is InChI=1S/C12H16N2O2.C2H6/c1-4-5-16-11-8(2)6-10(7-9(11)3)12(13)14-15;1-2/h4,6-7,15H,1,5H2,2-3H3,(H2,13,14);1-2H3. The van der Waals surface area contributed by atoms with Gasteiger partial charge in [0.25, 0.3) is 0 Å². The minimum absolute atomic E-state index is 0.0986. The van der Waals surface area contributed by atoms with E-state index in [9.17, 15) is 0 Å². The summed E-state index contributed by atoms with van der Waals surface area (Å²) >= 11 is 0. The van der Waals surface area contributed by atoms with E-state index in [4.69, 9.17) is 15.7 Å². The Hall–Kier alpha value is -1.97. The number of nitrogens with two attached hydrogens (primary N) is 1. The summed E-state index contributed by atoms with van der Waals surface area (Å²) < 4.78 is 5.52. The first kappa shape index (κ1) is 16.0. The topological polar surface area (TPSA) is 67.8 Å². The van der Waals surface area contributed by atoms with Crippen LogP contribution in [0.5, 0.6) is 5.75 Å². The fraction of sp³-hybridized carbons (Fsp3) is 0.357. The molecule has 0 aliphatic heterocycles. The van der Waals surface area contributed by atoms with Crippen molar-refractivity contribution in [3.63, 3.8) is 0 Å². The van der Waals surface area contributed by atoms with Crippen LogP contribution < -0.4 is 10.5 Å². The zero-order chi connectivity index (χ0) is 14.1. The van der Waals surface area contributed by atoms with E-state index in [1.54, 1.807) is 6.08 Å². The molecule has 0 fully saturated rings. The third kappa shape index (κ3) is 4.13. The Morgan fingerprint density at radius 3 is 2.28 bits per heavy atom. The highest BCUT2D eigenvalue weighted by Gasteiger charge is 2.08. The summed E-state index contributed by atoms with van der Waals surface area (Å²) in [7, 11) is 0. The van der Waals surface area contributed by atoms with Gasteiger partial charge < -0.3 is 15.7 Å². The van der Waals surface area contributed by atoms with Crippen molar-refractivity contribution >= 4 is 5.84 Å². The maximum atomic E-state index is 8.60. The normalized spacial score (nSPS) is 10.3. The second kappa shape index (κ2) is 8.17. The molecule has 4 nitrogen and oxygen atoms in total. The predicted molar refractivity (Wildman–Crippen MR) is 75.5 cm³/mol. The Labute approximate surface area is 109 Å². The van der Waals surface area contributed by atoms with Gasteiger partial charge in [-0.05, 0) is 37.1 Å². The highest BCUT2D eigenvalue weighted by atomic mass is 16.5. The van der Waals surface area contributed by atoms with E-state index in [0.717, 1.165) is 16.9 Å². The Morgan fingerprint density at radius 2 is 1.89 bits per heavy atom. The van der Waals surface area contributed by atoms with Gasteiger partial charge in [0.15, 0.2) is 5.84 Å². The van der Waals surface area contributed by atoms with Gasteiger partial charge in [0.1, 0.15) is 12.4 Å². The van der Waals surface area contributed by atoms with Crippen molar-refractivity contribution in [1.29, 1.82) is 0 Å². The maximum absolute atomic E-state index is 8.60. The number of benzene rings is 1. The molecule has 100 valence electrons. The van der Waals surface area contributed by atoms with Crippen molar-refractivity contribution in [3.05, 3.63) is 41.5 Å². The van der Waals surface area contributed by atoms with Gasteiger partial charge in [0.05, 0.1) is 0 Å². The van der Waals surface area contributed by atoms with Crippen molar-refractivity contribution in [2.24, 2.45) is 10.9 Å². The molecule has 4 heteroatoms. The van der Waals surface area contributed by atoms with Crippen LogP contribution in [-0.2, 0) is 0 Å². The van der Waals surface area contributed by atoms with E-state index in [2.05, 4.69) is 11.7 Å². The van der Waals surface area contributed by atoms with Crippen LogP contribution in [0.2, 0.25) is 0 Å². The van der Waals surface area contributed by atoms with Crippen molar-refractivity contribution in [2.75, 3.05) is 6.61 Å². The zero-order valence-electron chi connectivity index (χ0n) is 11.5. The third-order valence-electron chi connectivity index (χ3n) is 2.21. The lowest BCUT2D eigenvalue weighted by Crippen LogP contribution is -2.14. The molecule has 0 saturated carbocycles. The Morgan fingerprint density at radius 1 is 1.39 bits per heavy atom. The van der Waals surface area contributed by atoms with Gasteiger partial charge in [0.2, 0.25) is 0 Å². The number of amidine groups is 1. The molecule has 0 bridgehead atoms. The summed E-state index contributed by atoms with van der Waals surface area (Å²) in [5, 5.41) is 11.6. The minimum atomic E-state index is 0.0986. The Balaban J connectivity index is 0.00000137. The molecule has 0 saturated heterocycles. The van der Waals surface area contributed by atoms with Crippen molar-refractivity contribution < 1.29 is 9.94 Å². The molecule has 0 radical (unpaired) electrons. The lowest BCUT2D eigenvalue weighted by atomic mass is 10.1. The van der Waals surface area contributed by atoms with Gasteiger partial charge in [-0.25, -0.2) is 0 Å². The molecule has 0 aliphatic rings. The summed E-state index contributed by atoms with van der Waals surface area (Å²) in [5.74, 6) is 0.913. The average Bonchev–Trinajstić information content (AvgIpc) is 2.39. The predicted octanol–water partition coefficient (Wildman–Crippen LogP) is 2.99. The second-order valence-electron chi connectivity index (χ2n) is 3.52. The molecule has 0 unspecified atom stereocenters. The number of nitrogens with zero attached hydrogens (tertiary/aromatic N) is 1. The molecule has 0 spiro atoms. The molecule has 0 atom stereocenters. The molecule has 0 heterocycles. The van der Waals surface area contributed by atoms with Crippen LogP contribution in [0.1, 0.15) is 30.5 Å². The summed E-state index contributed by atoms with van der Waals surface area (Å²) in [4.78, 5) is 0. The van der Waals surface area contributed by atoms with Gasteiger partial charge in [-0.1, -0.05) is 31.7 Å². The summed E-state index contributed by atoms with van der Waals surface area (Å²) in [6.45, 7) is 11.9. The van der Waals surface area contributed by atoms with Gasteiger partial charge in [0, 0.05) is 5.56 Å². The number of aryl methyl sites for hydroxylation is 2. The smallest absolute Gasteiger partial charge is 0.170 e. The van der Waals surface area contributed by atoms with Crippen molar-refractivity contribution in [1.82, 2.24) is 0 Å². The van der Waals surface area contributed by atoms with E-state index >= 15 is 0 Å². The number of rotatable bonds is 4. The van der Waals surface area contributed by atoms with Crippen LogP contribution in [0.25, 0.3) is 0 Å². The SMILES string of the molecule is C=CCOc1c(C)cc(/C(N)=N/O)cc1C.CC. The van der Waals surface area contributed by atoms with Gasteiger partial charge >= 0.3 is 0 Å². The largest absolute Gasteiger partial charge is 0.489 e. The molecule has 1 aromatic rings. The maximum Gasteiger partial charge on any atom is 0.170 e. The number of hydrogen-bond donors (Lipinski definition) is 2. The lowest BCUT2D eigenvalue weighted by Gasteiger charge is -2.12. The quantitative estimate of drug-likeness (QED) is 0.284. The van der Waals surface area contributed by atoms with Crippen LogP contribution >= 0.6 is 0 Å². The number of ether oxygens (including phenoxy) is 1. The highest BCUT2D eigenvalue weighted by molar-refractivity contribution is 5.97. The zero-order valence-corrected chi connectivity index (χ0v) is 11.5. The monoisotopic (exact) mass is 250 g/mol. The summed E-state index contributed by atoms with van der Waals surface area (Å²) in [5.41, 5.74) is 8.10. The van der Waals surface area contributed by atoms with Crippen LogP contribution in [0.15, 0.2) is 29.9 Å². The van der Waals surface area contributed by atoms with E-state index in [-0.39, 0.29) is 5.84 Å². The van der Waals surface area contributed by atoms with Gasteiger partial charge in [-0.2, -0.15) is 0 Å². The van der Waals surface area contributed by atoms with E-state index in [1.165, 1.54) is 0 Å². The van der Waals surface area contributed by atoms with Crippen LogP contribution in [0.4, 0.5) is 0 Å². The highest BCUT2D eigenvalue weighted by Crippen LogP contribution is 2.24. The molecule has 0 amide bonds. The van der Waals surface area contributed by atoms with Crippen LogP contribution in [-0.4, -0.2) is 17.6 Å².